The Balaban J connectivity index is 0. The van der Waals surface area contributed by atoms with E-state index >= 15 is 0 Å². The van der Waals surface area contributed by atoms with Gasteiger partial charge in [0.15, 0.2) is 0 Å². The Morgan fingerprint density at radius 2 is 0.688 bits per heavy atom. The molecule has 0 rings (SSSR count). The first-order valence-electron chi connectivity index (χ1n) is 14.9. The van der Waals surface area contributed by atoms with Crippen molar-refractivity contribution in [2.24, 2.45) is 0 Å². The molecule has 0 aliphatic heterocycles. The monoisotopic (exact) mass is 473 g/mol. The van der Waals surface area contributed by atoms with Crippen molar-refractivity contribution >= 4 is 0 Å². The van der Waals surface area contributed by atoms with Gasteiger partial charge in [-0.05, 0) is 38.5 Å². The van der Waals surface area contributed by atoms with Crippen molar-refractivity contribution in [2.45, 2.75) is 174 Å². The second-order valence-electron chi connectivity index (χ2n) is 11.1. The lowest BCUT2D eigenvalue weighted by molar-refractivity contribution is -0.916. The molecule has 2 heteroatoms. The molecule has 0 radical (unpaired) electrons. The van der Waals surface area contributed by atoms with E-state index in [4.69, 9.17) is 0 Å². The van der Waals surface area contributed by atoms with Crippen LogP contribution in [0.1, 0.15) is 168 Å². The predicted octanol–water partition coefficient (Wildman–Crippen LogP) is 7.47. The average Bonchev–Trinajstić information content (AvgIpc) is 2.75. The van der Waals surface area contributed by atoms with Crippen LogP contribution in [0.5, 0.6) is 0 Å². The second-order valence-corrected chi connectivity index (χ2v) is 11.1. The summed E-state index contributed by atoms with van der Waals surface area (Å²) in [6.45, 7) is 8.35. The maximum absolute atomic E-state index is 2.55. The van der Waals surface area contributed by atoms with Crippen LogP contribution in [0.25, 0.3) is 0 Å². The molecule has 1 nitrogen and oxygen atoms in total. The van der Waals surface area contributed by atoms with Gasteiger partial charge in [-0.15, -0.1) is 0 Å². The van der Waals surface area contributed by atoms with E-state index in [2.05, 4.69) is 34.9 Å². The minimum Gasteiger partial charge on any atom is -1.00 e. The third-order valence-corrected chi connectivity index (χ3v) is 7.61. The minimum absolute atomic E-state index is 0. The summed E-state index contributed by atoms with van der Waals surface area (Å²) in [6.07, 6.45) is 33.2. The van der Waals surface area contributed by atoms with E-state index in [1.165, 1.54) is 159 Å². The van der Waals surface area contributed by atoms with Crippen molar-refractivity contribution in [3.63, 3.8) is 0 Å². The zero-order valence-electron chi connectivity index (χ0n) is 23.4. The van der Waals surface area contributed by atoms with Gasteiger partial charge in [0.25, 0.3) is 0 Å². The normalized spacial score (nSPS) is 12.7. The smallest absolute Gasteiger partial charge is 0.0886 e. The first-order chi connectivity index (χ1) is 15.1. The largest absolute Gasteiger partial charge is 1.00 e. The van der Waals surface area contributed by atoms with Crippen LogP contribution >= 0.6 is 0 Å². The number of hydrogen-bond acceptors (Lipinski definition) is 0. The van der Waals surface area contributed by atoms with Gasteiger partial charge in [-0.1, -0.05) is 130 Å². The molecule has 196 valence electrons. The van der Waals surface area contributed by atoms with Gasteiger partial charge < -0.3 is 16.9 Å². The standard InChI is InChI=1S/C30H64N.ClH/c1-6-9-12-15-18-20-23-26-29-31(4,5)30(27-24-21-17-14-11-8-3)28-25-22-19-16-13-10-7-2;/h30H,6-29H2,1-5H3;1H/q+1;/p-1. The number of unbranched alkanes of at least 4 members (excludes halogenated alkanes) is 18. The van der Waals surface area contributed by atoms with E-state index < -0.39 is 0 Å². The van der Waals surface area contributed by atoms with Crippen molar-refractivity contribution in [2.75, 3.05) is 20.6 Å². The molecule has 0 fully saturated rings. The summed E-state index contributed by atoms with van der Waals surface area (Å²) in [7, 11) is 5.09. The van der Waals surface area contributed by atoms with Crippen molar-refractivity contribution in [3.05, 3.63) is 0 Å². The zero-order valence-corrected chi connectivity index (χ0v) is 24.1. The molecule has 32 heavy (non-hydrogen) atoms. The number of hydrogen-bond donors (Lipinski definition) is 0. The second kappa shape index (κ2) is 25.9. The summed E-state index contributed by atoms with van der Waals surface area (Å²) in [4.78, 5) is 0. The summed E-state index contributed by atoms with van der Waals surface area (Å²) >= 11 is 0. The van der Waals surface area contributed by atoms with Gasteiger partial charge in [0.05, 0.1) is 26.7 Å². The first-order valence-corrected chi connectivity index (χ1v) is 14.9. The number of quaternary nitrogens is 1. The van der Waals surface area contributed by atoms with Crippen molar-refractivity contribution in [3.8, 4) is 0 Å². The Labute approximate surface area is 211 Å². The Kier molecular flexibility index (Phi) is 27.8. The molecule has 0 N–H and O–H groups in total. The molecule has 0 amide bonds. The van der Waals surface area contributed by atoms with Crippen LogP contribution in [0.4, 0.5) is 0 Å². The quantitative estimate of drug-likeness (QED) is 0.0952. The SMILES string of the molecule is CCCCCCCCCC[N+](C)(C)C(CCCCCCCC)CCCCCCCCC.[Cl-]. The zero-order chi connectivity index (χ0) is 23.0. The van der Waals surface area contributed by atoms with Crippen LogP contribution in [-0.2, 0) is 0 Å². The average molecular weight is 474 g/mol. The third-order valence-electron chi connectivity index (χ3n) is 7.61. The number of halogens is 1. The van der Waals surface area contributed by atoms with Crippen LogP contribution in [0, 0.1) is 0 Å². The molecule has 1 atom stereocenters. The van der Waals surface area contributed by atoms with Crippen LogP contribution in [0.3, 0.4) is 0 Å². The van der Waals surface area contributed by atoms with Gasteiger partial charge in [0, 0.05) is 0 Å². The summed E-state index contributed by atoms with van der Waals surface area (Å²) in [5, 5.41) is 0. The Hall–Kier alpha value is 0.250. The minimum atomic E-state index is 0. The van der Waals surface area contributed by atoms with Gasteiger partial charge in [-0.3, -0.25) is 0 Å². The summed E-state index contributed by atoms with van der Waals surface area (Å²) in [5.41, 5.74) is 0. The molecule has 0 saturated carbocycles. The molecule has 0 aromatic heterocycles. The Morgan fingerprint density at radius 3 is 1.03 bits per heavy atom. The lowest BCUT2D eigenvalue weighted by Gasteiger charge is -2.39. The maximum Gasteiger partial charge on any atom is 0.0886 e. The Morgan fingerprint density at radius 1 is 0.406 bits per heavy atom. The highest BCUT2D eigenvalue weighted by Gasteiger charge is 2.26. The van der Waals surface area contributed by atoms with Crippen molar-refractivity contribution < 1.29 is 16.9 Å². The fourth-order valence-electron chi connectivity index (χ4n) is 5.18. The molecule has 0 aliphatic rings. The van der Waals surface area contributed by atoms with E-state index in [1.807, 2.05) is 0 Å². The van der Waals surface area contributed by atoms with E-state index in [0.717, 1.165) is 6.04 Å². The highest BCUT2D eigenvalue weighted by atomic mass is 35.5. The highest BCUT2D eigenvalue weighted by molar-refractivity contribution is 4.62. The fraction of sp³-hybridized carbons (Fsp3) is 1.00. The van der Waals surface area contributed by atoms with Crippen LogP contribution in [0.2, 0.25) is 0 Å². The molecule has 0 aliphatic carbocycles. The third kappa shape index (κ3) is 22.1. The van der Waals surface area contributed by atoms with Gasteiger partial charge in [0.1, 0.15) is 0 Å². The Bertz CT molecular complexity index is 342. The summed E-state index contributed by atoms with van der Waals surface area (Å²) in [5.74, 6) is 0. The van der Waals surface area contributed by atoms with Crippen LogP contribution in [-0.4, -0.2) is 31.2 Å². The van der Waals surface area contributed by atoms with Crippen molar-refractivity contribution in [1.29, 1.82) is 0 Å². The molecule has 0 aromatic rings. The predicted molar refractivity (Wildman–Crippen MR) is 144 cm³/mol. The van der Waals surface area contributed by atoms with Gasteiger partial charge in [0.2, 0.25) is 0 Å². The van der Waals surface area contributed by atoms with Crippen LogP contribution in [0.15, 0.2) is 0 Å². The van der Waals surface area contributed by atoms with Gasteiger partial charge in [-0.2, -0.15) is 0 Å². The maximum atomic E-state index is 2.55. The lowest BCUT2D eigenvalue weighted by Crippen LogP contribution is -3.00. The topological polar surface area (TPSA) is 0 Å². The van der Waals surface area contributed by atoms with E-state index in [0.29, 0.717) is 0 Å². The molecule has 1 unspecified atom stereocenters. The first kappa shape index (κ1) is 34.4. The summed E-state index contributed by atoms with van der Waals surface area (Å²) in [6, 6.07) is 0.895. The van der Waals surface area contributed by atoms with E-state index in [9.17, 15) is 0 Å². The molecule has 0 aromatic carbocycles. The van der Waals surface area contributed by atoms with Crippen molar-refractivity contribution in [1.82, 2.24) is 0 Å². The van der Waals surface area contributed by atoms with E-state index in [-0.39, 0.29) is 12.4 Å². The van der Waals surface area contributed by atoms with Crippen LogP contribution < -0.4 is 12.4 Å². The summed E-state index contributed by atoms with van der Waals surface area (Å²) < 4.78 is 1.28. The van der Waals surface area contributed by atoms with E-state index in [1.54, 1.807) is 0 Å². The van der Waals surface area contributed by atoms with Gasteiger partial charge in [-0.25, -0.2) is 0 Å². The molecule has 0 spiro atoms. The molecule has 0 bridgehead atoms. The number of nitrogens with zero attached hydrogens (tertiary/aromatic N) is 1. The fourth-order valence-corrected chi connectivity index (χ4v) is 5.18. The lowest BCUT2D eigenvalue weighted by atomic mass is 9.97. The molecule has 0 saturated heterocycles. The molecular formula is C30H64ClN. The number of rotatable bonds is 25. The highest BCUT2D eigenvalue weighted by Crippen LogP contribution is 2.23. The molecule has 0 heterocycles. The van der Waals surface area contributed by atoms with Gasteiger partial charge >= 0.3 is 0 Å². The molecular weight excluding hydrogens is 410 g/mol.